The van der Waals surface area contributed by atoms with Gasteiger partial charge < -0.3 is 33.8 Å². The molecule has 0 aromatic heterocycles. The molecule has 0 aliphatic carbocycles. The van der Waals surface area contributed by atoms with Crippen molar-refractivity contribution < 1.29 is 80.2 Å². The van der Waals surface area contributed by atoms with Crippen LogP contribution in [0.3, 0.4) is 0 Å². The molecule has 0 amide bonds. The zero-order chi connectivity index (χ0) is 65.9. The number of ether oxygens (including phenoxy) is 4. The van der Waals surface area contributed by atoms with Gasteiger partial charge >= 0.3 is 39.5 Å². The van der Waals surface area contributed by atoms with Crippen LogP contribution in [0.15, 0.2) is 24.3 Å². The Kier molecular flexibility index (Phi) is 58.8. The van der Waals surface area contributed by atoms with Crippen LogP contribution in [0.1, 0.15) is 325 Å². The molecular weight excluding hydrogens is 1170 g/mol. The van der Waals surface area contributed by atoms with E-state index in [4.69, 9.17) is 37.0 Å². The lowest BCUT2D eigenvalue weighted by molar-refractivity contribution is -0.161. The molecule has 524 valence electrons. The summed E-state index contributed by atoms with van der Waals surface area (Å²) in [5.74, 6) is 0.0484. The van der Waals surface area contributed by atoms with Gasteiger partial charge in [-0.25, -0.2) is 9.13 Å². The van der Waals surface area contributed by atoms with Crippen molar-refractivity contribution in [3.05, 3.63) is 24.3 Å². The average molecular weight is 1310 g/mol. The van der Waals surface area contributed by atoms with E-state index in [1.807, 2.05) is 0 Å². The van der Waals surface area contributed by atoms with Crippen LogP contribution in [0.5, 0.6) is 0 Å². The van der Waals surface area contributed by atoms with Gasteiger partial charge in [0.2, 0.25) is 0 Å². The van der Waals surface area contributed by atoms with Crippen molar-refractivity contribution in [2.24, 2.45) is 17.8 Å². The van der Waals surface area contributed by atoms with Gasteiger partial charge in [0.25, 0.3) is 0 Å². The normalized spacial score (nSPS) is 15.0. The van der Waals surface area contributed by atoms with Crippen molar-refractivity contribution in [3.8, 4) is 0 Å². The number of rotatable bonds is 66. The summed E-state index contributed by atoms with van der Waals surface area (Å²) in [7, 11) is -9.91. The standard InChI is InChI=1S/C70H132O17P2/c1-8-11-12-13-14-15-16-17-18-19-22-25-28-37-44-51-67(72)80-57-66(87-70(75)54-47-40-33-31-36-43-50-63(7)10-3)60-85-89(78,79)83-56-64(71)55-82-88(76,77)84-59-65(58-81-68(73)52-45-38-32-30-35-42-49-62(6)9-2)86-69(74)53-46-39-29-26-23-20-21-24-27-34-41-48-61(4)5/h15-18,61-66,71H,8-14,19-60H2,1-7H3,(H,76,77)(H,78,79)/b16-15-,18-17-/t62?,63?,64-,65+,66+/m0/s1. The Morgan fingerprint density at radius 2 is 0.663 bits per heavy atom. The Bertz CT molecular complexity index is 1850. The Morgan fingerprint density at radius 1 is 0.371 bits per heavy atom. The summed E-state index contributed by atoms with van der Waals surface area (Å²) in [4.78, 5) is 72.5. The van der Waals surface area contributed by atoms with Crippen LogP contribution in [-0.4, -0.2) is 96.7 Å². The average Bonchev–Trinajstić information content (AvgIpc) is 3.66. The lowest BCUT2D eigenvalue weighted by Gasteiger charge is -2.21. The number of aliphatic hydroxyl groups excluding tert-OH is 1. The third kappa shape index (κ3) is 61.5. The van der Waals surface area contributed by atoms with Crippen molar-refractivity contribution in [1.29, 1.82) is 0 Å². The second kappa shape index (κ2) is 60.5. The molecule has 0 aliphatic heterocycles. The molecule has 3 N–H and O–H groups in total. The summed E-state index contributed by atoms with van der Waals surface area (Å²) in [5, 5.41) is 10.6. The predicted molar refractivity (Wildman–Crippen MR) is 358 cm³/mol. The molecule has 0 radical (unpaired) electrons. The third-order valence-corrected chi connectivity index (χ3v) is 18.1. The largest absolute Gasteiger partial charge is 0.472 e. The van der Waals surface area contributed by atoms with E-state index < -0.39 is 97.5 Å². The minimum atomic E-state index is -4.96. The molecular formula is C70H132O17P2. The van der Waals surface area contributed by atoms with E-state index in [-0.39, 0.29) is 25.7 Å². The smallest absolute Gasteiger partial charge is 0.462 e. The number of phosphoric ester groups is 2. The molecule has 0 aromatic rings. The van der Waals surface area contributed by atoms with Gasteiger partial charge in [-0.2, -0.15) is 0 Å². The van der Waals surface area contributed by atoms with Crippen molar-refractivity contribution >= 4 is 39.5 Å². The van der Waals surface area contributed by atoms with Gasteiger partial charge in [-0.3, -0.25) is 37.3 Å². The van der Waals surface area contributed by atoms with Gasteiger partial charge in [0.05, 0.1) is 26.4 Å². The van der Waals surface area contributed by atoms with Crippen molar-refractivity contribution in [3.63, 3.8) is 0 Å². The first-order chi connectivity index (χ1) is 42.8. The highest BCUT2D eigenvalue weighted by molar-refractivity contribution is 7.47. The van der Waals surface area contributed by atoms with Crippen LogP contribution in [0.2, 0.25) is 0 Å². The fourth-order valence-electron chi connectivity index (χ4n) is 9.94. The number of hydrogen-bond donors (Lipinski definition) is 3. The first kappa shape index (κ1) is 86.5. The zero-order valence-corrected chi connectivity index (χ0v) is 59.2. The van der Waals surface area contributed by atoms with Crippen molar-refractivity contribution in [1.82, 2.24) is 0 Å². The van der Waals surface area contributed by atoms with Gasteiger partial charge in [0.15, 0.2) is 12.2 Å². The van der Waals surface area contributed by atoms with E-state index >= 15 is 0 Å². The number of carbonyl (C=O) groups excluding carboxylic acids is 4. The van der Waals surface area contributed by atoms with Crippen molar-refractivity contribution in [2.45, 2.75) is 343 Å². The Morgan fingerprint density at radius 3 is 1.00 bits per heavy atom. The molecule has 89 heavy (non-hydrogen) atoms. The van der Waals surface area contributed by atoms with Crippen molar-refractivity contribution in [2.75, 3.05) is 39.6 Å². The molecule has 4 unspecified atom stereocenters. The van der Waals surface area contributed by atoms with E-state index in [2.05, 4.69) is 72.8 Å². The fourth-order valence-corrected chi connectivity index (χ4v) is 11.5. The van der Waals surface area contributed by atoms with Gasteiger partial charge in [0.1, 0.15) is 19.3 Å². The predicted octanol–water partition coefficient (Wildman–Crippen LogP) is 19.4. The molecule has 0 fully saturated rings. The quantitative estimate of drug-likeness (QED) is 0.0169. The minimum absolute atomic E-state index is 0.0956. The number of allylic oxidation sites excluding steroid dienone is 4. The molecule has 0 bridgehead atoms. The van der Waals surface area contributed by atoms with Crippen LogP contribution >= 0.6 is 15.6 Å². The Labute approximate surface area is 542 Å². The maximum Gasteiger partial charge on any atom is 0.472 e. The summed E-state index contributed by atoms with van der Waals surface area (Å²) in [6, 6.07) is 0. The van der Waals surface area contributed by atoms with E-state index in [1.54, 1.807) is 0 Å². The van der Waals surface area contributed by atoms with Crippen LogP contribution in [0, 0.1) is 17.8 Å². The third-order valence-electron chi connectivity index (χ3n) is 16.2. The van der Waals surface area contributed by atoms with Crippen LogP contribution in [0.4, 0.5) is 0 Å². The first-order valence-electron chi connectivity index (χ1n) is 35.7. The van der Waals surface area contributed by atoms with Gasteiger partial charge in [-0.15, -0.1) is 0 Å². The monoisotopic (exact) mass is 1310 g/mol. The summed E-state index contributed by atoms with van der Waals surface area (Å²) in [5.41, 5.74) is 0. The SMILES string of the molecule is CCCCCC/C=C\C=C/CCCCCCCC(=O)OC[C@H](COP(=O)(O)OC[C@@H](O)COP(=O)(O)OC[C@@H](COC(=O)CCCCCCCCC(C)CC)OC(=O)CCCCCCCCCCCCCC(C)C)OC(=O)CCCCCCCCC(C)CC. The zero-order valence-electron chi connectivity index (χ0n) is 57.4. The van der Waals surface area contributed by atoms with Gasteiger partial charge in [0, 0.05) is 25.7 Å². The second-order valence-corrected chi connectivity index (χ2v) is 28.5. The van der Waals surface area contributed by atoms with Crippen LogP contribution < -0.4 is 0 Å². The number of carbonyl (C=O) groups is 4. The molecule has 0 aliphatic rings. The maximum absolute atomic E-state index is 13.0. The summed E-state index contributed by atoms with van der Waals surface area (Å²) in [6.07, 6.45) is 46.7. The molecule has 0 saturated carbocycles. The number of aliphatic hydroxyl groups is 1. The Balaban J connectivity index is 5.27. The summed E-state index contributed by atoms with van der Waals surface area (Å²) in [6.45, 7) is 11.7. The maximum atomic E-state index is 13.0. The number of phosphoric acid groups is 2. The number of unbranched alkanes of at least 4 members (excludes halogenated alkanes) is 29. The molecule has 0 heterocycles. The second-order valence-electron chi connectivity index (χ2n) is 25.5. The Hall–Kier alpha value is -2.46. The van der Waals surface area contributed by atoms with E-state index in [9.17, 15) is 43.2 Å². The summed E-state index contributed by atoms with van der Waals surface area (Å²) >= 11 is 0. The highest BCUT2D eigenvalue weighted by atomic mass is 31.2. The highest BCUT2D eigenvalue weighted by Crippen LogP contribution is 2.45. The van der Waals surface area contributed by atoms with E-state index in [0.717, 1.165) is 127 Å². The lowest BCUT2D eigenvalue weighted by Crippen LogP contribution is -2.30. The lowest BCUT2D eigenvalue weighted by atomic mass is 10.00. The molecule has 0 aromatic carbocycles. The van der Waals surface area contributed by atoms with Gasteiger partial charge in [-0.05, 0) is 69.1 Å². The highest BCUT2D eigenvalue weighted by Gasteiger charge is 2.30. The van der Waals surface area contributed by atoms with E-state index in [1.165, 1.54) is 109 Å². The van der Waals surface area contributed by atoms with Gasteiger partial charge in [-0.1, -0.05) is 272 Å². The number of esters is 4. The first-order valence-corrected chi connectivity index (χ1v) is 38.7. The molecule has 0 saturated heterocycles. The molecule has 17 nitrogen and oxygen atoms in total. The fraction of sp³-hybridized carbons (Fsp3) is 0.886. The molecule has 7 atom stereocenters. The molecule has 19 heteroatoms. The summed E-state index contributed by atoms with van der Waals surface area (Å²) < 4.78 is 68.2. The topological polar surface area (TPSA) is 237 Å². The van der Waals surface area contributed by atoms with Crippen LogP contribution in [0.25, 0.3) is 0 Å². The molecule has 0 spiro atoms. The molecule has 0 rings (SSSR count). The van der Waals surface area contributed by atoms with E-state index in [0.29, 0.717) is 31.6 Å². The van der Waals surface area contributed by atoms with Crippen LogP contribution in [-0.2, 0) is 65.4 Å². The number of hydrogen-bond acceptors (Lipinski definition) is 15. The minimum Gasteiger partial charge on any atom is -0.462 e.